The molecule has 0 aliphatic heterocycles. The zero-order chi connectivity index (χ0) is 23.8. The molecule has 5 heteroatoms. The standard InChI is InChI=1S/C30H22N4O/c1-34-26-16-17-31-28(29(26)33-30(34)24-12-5-6-13-27(24)35)22-11-7-10-21(18-22)25-15-14-23(19-32-25)20-8-3-2-4-9-20/h2-19,35H,1H3. The van der Waals surface area contributed by atoms with Gasteiger partial charge in [-0.05, 0) is 35.9 Å². The van der Waals surface area contributed by atoms with Crippen molar-refractivity contribution < 1.29 is 5.11 Å². The van der Waals surface area contributed by atoms with E-state index in [1.807, 2.05) is 72.4 Å². The van der Waals surface area contributed by atoms with Crippen molar-refractivity contribution >= 4 is 11.0 Å². The highest BCUT2D eigenvalue weighted by molar-refractivity contribution is 5.93. The molecule has 0 spiro atoms. The molecule has 1 N–H and O–H groups in total. The van der Waals surface area contributed by atoms with Gasteiger partial charge in [-0.15, -0.1) is 0 Å². The van der Waals surface area contributed by atoms with Crippen LogP contribution in [0.2, 0.25) is 0 Å². The van der Waals surface area contributed by atoms with Gasteiger partial charge in [0, 0.05) is 36.1 Å². The Morgan fingerprint density at radius 1 is 0.686 bits per heavy atom. The Morgan fingerprint density at radius 3 is 2.26 bits per heavy atom. The van der Waals surface area contributed by atoms with Crippen LogP contribution in [0, 0.1) is 0 Å². The zero-order valence-corrected chi connectivity index (χ0v) is 19.1. The maximum absolute atomic E-state index is 10.4. The maximum atomic E-state index is 10.4. The second-order valence-corrected chi connectivity index (χ2v) is 8.42. The number of aromatic nitrogens is 4. The van der Waals surface area contributed by atoms with E-state index in [1.165, 1.54) is 0 Å². The van der Waals surface area contributed by atoms with Crippen LogP contribution in [0.3, 0.4) is 0 Å². The number of para-hydroxylation sites is 1. The van der Waals surface area contributed by atoms with Crippen molar-refractivity contribution in [3.63, 3.8) is 0 Å². The predicted molar refractivity (Wildman–Crippen MR) is 140 cm³/mol. The van der Waals surface area contributed by atoms with Crippen LogP contribution in [0.15, 0.2) is 109 Å². The van der Waals surface area contributed by atoms with E-state index in [9.17, 15) is 5.11 Å². The van der Waals surface area contributed by atoms with Gasteiger partial charge < -0.3 is 9.67 Å². The normalized spacial score (nSPS) is 11.1. The largest absolute Gasteiger partial charge is 0.507 e. The van der Waals surface area contributed by atoms with Gasteiger partial charge in [0.15, 0.2) is 0 Å². The van der Waals surface area contributed by atoms with Gasteiger partial charge in [-0.1, -0.05) is 66.7 Å². The summed E-state index contributed by atoms with van der Waals surface area (Å²) in [6.45, 7) is 0. The van der Waals surface area contributed by atoms with E-state index in [4.69, 9.17) is 9.97 Å². The summed E-state index contributed by atoms with van der Waals surface area (Å²) in [4.78, 5) is 14.3. The monoisotopic (exact) mass is 454 g/mol. The molecule has 6 rings (SSSR count). The van der Waals surface area contributed by atoms with Crippen LogP contribution in [-0.4, -0.2) is 24.6 Å². The lowest BCUT2D eigenvalue weighted by Crippen LogP contribution is -1.92. The van der Waals surface area contributed by atoms with E-state index < -0.39 is 0 Å². The number of nitrogens with zero attached hydrogens (tertiary/aromatic N) is 4. The first kappa shape index (κ1) is 20.8. The first-order valence-corrected chi connectivity index (χ1v) is 11.4. The Labute approximate surface area is 203 Å². The Hall–Kier alpha value is -4.77. The smallest absolute Gasteiger partial charge is 0.144 e. The molecule has 0 radical (unpaired) electrons. The molecular formula is C30H22N4O. The van der Waals surface area contributed by atoms with Crippen molar-refractivity contribution in [3.05, 3.63) is 109 Å². The molecule has 35 heavy (non-hydrogen) atoms. The van der Waals surface area contributed by atoms with Crippen LogP contribution in [0.1, 0.15) is 0 Å². The molecule has 168 valence electrons. The molecule has 3 aromatic carbocycles. The third kappa shape index (κ3) is 3.73. The molecule has 0 fully saturated rings. The van der Waals surface area contributed by atoms with Crippen molar-refractivity contribution in [3.8, 4) is 50.8 Å². The predicted octanol–water partition coefficient (Wildman–Crippen LogP) is 6.74. The Balaban J connectivity index is 1.41. The summed E-state index contributed by atoms with van der Waals surface area (Å²) < 4.78 is 1.99. The quantitative estimate of drug-likeness (QED) is 0.320. The zero-order valence-electron chi connectivity index (χ0n) is 19.1. The molecule has 0 amide bonds. The second-order valence-electron chi connectivity index (χ2n) is 8.42. The number of pyridine rings is 2. The lowest BCUT2D eigenvalue weighted by Gasteiger charge is -2.07. The summed E-state index contributed by atoms with van der Waals surface area (Å²) in [5.41, 5.74) is 8.32. The Kier molecular flexibility index (Phi) is 5.08. The van der Waals surface area contributed by atoms with Crippen LogP contribution in [0.5, 0.6) is 5.75 Å². The van der Waals surface area contributed by atoms with Crippen LogP contribution in [0.25, 0.3) is 56.1 Å². The summed E-state index contributed by atoms with van der Waals surface area (Å²) in [6.07, 6.45) is 3.71. The minimum atomic E-state index is 0.201. The molecule has 0 saturated heterocycles. The molecule has 0 aliphatic rings. The summed E-state index contributed by atoms with van der Waals surface area (Å²) in [5.74, 6) is 0.897. The molecule has 0 bridgehead atoms. The summed E-state index contributed by atoms with van der Waals surface area (Å²) in [6, 6.07) is 31.8. The third-order valence-corrected chi connectivity index (χ3v) is 6.25. The van der Waals surface area contributed by atoms with Crippen LogP contribution in [-0.2, 0) is 7.05 Å². The highest BCUT2D eigenvalue weighted by atomic mass is 16.3. The van der Waals surface area contributed by atoms with Gasteiger partial charge >= 0.3 is 0 Å². The number of hydrogen-bond donors (Lipinski definition) is 1. The van der Waals surface area contributed by atoms with Gasteiger partial charge in [-0.2, -0.15) is 0 Å². The third-order valence-electron chi connectivity index (χ3n) is 6.25. The minimum absolute atomic E-state index is 0.201. The number of phenolic OH excluding ortho intramolecular Hbond substituents is 1. The molecule has 0 unspecified atom stereocenters. The highest BCUT2D eigenvalue weighted by Crippen LogP contribution is 2.34. The van der Waals surface area contributed by atoms with E-state index in [0.717, 1.165) is 44.7 Å². The average Bonchev–Trinajstić information content (AvgIpc) is 3.26. The first-order valence-electron chi connectivity index (χ1n) is 11.4. The van der Waals surface area contributed by atoms with E-state index in [1.54, 1.807) is 18.3 Å². The van der Waals surface area contributed by atoms with Crippen molar-refractivity contribution in [1.82, 2.24) is 19.5 Å². The van der Waals surface area contributed by atoms with Gasteiger partial charge in [0.25, 0.3) is 0 Å². The molecule has 0 saturated carbocycles. The topological polar surface area (TPSA) is 63.8 Å². The SMILES string of the molecule is Cn1c(-c2ccccc2O)nc2c(-c3cccc(-c4ccc(-c5ccccc5)cn4)c3)nccc21. The number of aromatic hydroxyl groups is 1. The molecular weight excluding hydrogens is 432 g/mol. The maximum Gasteiger partial charge on any atom is 0.144 e. The minimum Gasteiger partial charge on any atom is -0.507 e. The lowest BCUT2D eigenvalue weighted by molar-refractivity contribution is 0.476. The van der Waals surface area contributed by atoms with Gasteiger partial charge in [0.1, 0.15) is 17.1 Å². The van der Waals surface area contributed by atoms with Gasteiger partial charge in [-0.3, -0.25) is 9.97 Å². The molecule has 0 aliphatic carbocycles. The molecule has 0 atom stereocenters. The second kappa shape index (κ2) is 8.54. The van der Waals surface area contributed by atoms with E-state index in [-0.39, 0.29) is 5.75 Å². The number of benzene rings is 3. The Morgan fingerprint density at radius 2 is 1.46 bits per heavy atom. The summed E-state index contributed by atoms with van der Waals surface area (Å²) in [5, 5.41) is 10.4. The number of phenols is 1. The molecule has 5 nitrogen and oxygen atoms in total. The van der Waals surface area contributed by atoms with Gasteiger partial charge in [0.2, 0.25) is 0 Å². The van der Waals surface area contributed by atoms with Crippen molar-refractivity contribution in [1.29, 1.82) is 0 Å². The van der Waals surface area contributed by atoms with E-state index in [2.05, 4.69) is 35.3 Å². The summed E-state index contributed by atoms with van der Waals surface area (Å²) >= 11 is 0. The number of hydrogen-bond acceptors (Lipinski definition) is 4. The van der Waals surface area contributed by atoms with Crippen LogP contribution in [0.4, 0.5) is 0 Å². The van der Waals surface area contributed by atoms with Crippen molar-refractivity contribution in [2.45, 2.75) is 0 Å². The fourth-order valence-corrected chi connectivity index (χ4v) is 4.43. The highest BCUT2D eigenvalue weighted by Gasteiger charge is 2.17. The summed E-state index contributed by atoms with van der Waals surface area (Å²) in [7, 11) is 1.95. The van der Waals surface area contributed by atoms with E-state index in [0.29, 0.717) is 11.4 Å². The van der Waals surface area contributed by atoms with Gasteiger partial charge in [-0.25, -0.2) is 4.98 Å². The fourth-order valence-electron chi connectivity index (χ4n) is 4.43. The lowest BCUT2D eigenvalue weighted by atomic mass is 10.0. The van der Waals surface area contributed by atoms with Crippen molar-refractivity contribution in [2.24, 2.45) is 7.05 Å². The van der Waals surface area contributed by atoms with Crippen LogP contribution >= 0.6 is 0 Å². The molecule has 3 aromatic heterocycles. The van der Waals surface area contributed by atoms with Gasteiger partial charge in [0.05, 0.1) is 22.5 Å². The van der Waals surface area contributed by atoms with Crippen molar-refractivity contribution in [2.75, 3.05) is 0 Å². The molecule has 3 heterocycles. The number of imidazole rings is 1. The number of fused-ring (bicyclic) bond motifs is 1. The average molecular weight is 455 g/mol. The fraction of sp³-hybridized carbons (Fsp3) is 0.0333. The molecule has 6 aromatic rings. The van der Waals surface area contributed by atoms with Crippen LogP contribution < -0.4 is 0 Å². The first-order chi connectivity index (χ1) is 17.2. The Bertz CT molecular complexity index is 1650. The number of rotatable bonds is 4. The number of aryl methyl sites for hydroxylation is 1. The van der Waals surface area contributed by atoms with E-state index >= 15 is 0 Å².